The van der Waals surface area contributed by atoms with E-state index in [2.05, 4.69) is 5.16 Å². The number of hydrogen-bond acceptors (Lipinski definition) is 3. The standard InChI is InChI=1S/C9H11F3N2O/c10-9(11,12)8(13)4-6-3-7(15-14-6)5-1-2-5/h3,5,8H,1-2,4,13H2. The van der Waals surface area contributed by atoms with Gasteiger partial charge in [-0.2, -0.15) is 13.2 Å². The molecule has 1 atom stereocenters. The van der Waals surface area contributed by atoms with Gasteiger partial charge in [-0.25, -0.2) is 0 Å². The predicted molar refractivity (Wildman–Crippen MR) is 46.2 cm³/mol. The molecule has 2 rings (SSSR count). The third kappa shape index (κ3) is 2.50. The maximum absolute atomic E-state index is 12.1. The summed E-state index contributed by atoms with van der Waals surface area (Å²) in [4.78, 5) is 0. The summed E-state index contributed by atoms with van der Waals surface area (Å²) in [5, 5.41) is 3.58. The Morgan fingerprint density at radius 1 is 1.53 bits per heavy atom. The van der Waals surface area contributed by atoms with Gasteiger partial charge >= 0.3 is 6.18 Å². The highest BCUT2D eigenvalue weighted by molar-refractivity contribution is 5.15. The molecule has 84 valence electrons. The fraction of sp³-hybridized carbons (Fsp3) is 0.667. The Morgan fingerprint density at radius 2 is 2.20 bits per heavy atom. The van der Waals surface area contributed by atoms with Gasteiger partial charge in [0.25, 0.3) is 0 Å². The summed E-state index contributed by atoms with van der Waals surface area (Å²) < 4.78 is 41.3. The molecule has 0 saturated heterocycles. The van der Waals surface area contributed by atoms with Gasteiger partial charge in [-0.15, -0.1) is 0 Å². The minimum absolute atomic E-state index is 0.279. The van der Waals surface area contributed by atoms with Gasteiger partial charge in [0, 0.05) is 18.4 Å². The fourth-order valence-electron chi connectivity index (χ4n) is 1.33. The SMILES string of the molecule is NC(Cc1cc(C2CC2)on1)C(F)(F)F. The smallest absolute Gasteiger partial charge is 0.361 e. The average Bonchev–Trinajstić information content (AvgIpc) is 2.87. The van der Waals surface area contributed by atoms with Crippen LogP contribution in [0.25, 0.3) is 0 Å². The second-order valence-electron chi connectivity index (χ2n) is 3.85. The Bertz CT molecular complexity index is 343. The lowest BCUT2D eigenvalue weighted by Gasteiger charge is -2.13. The predicted octanol–water partition coefficient (Wildman–Crippen LogP) is 1.98. The summed E-state index contributed by atoms with van der Waals surface area (Å²) in [6.07, 6.45) is -2.64. The zero-order valence-electron chi connectivity index (χ0n) is 7.92. The molecule has 0 bridgehead atoms. The summed E-state index contributed by atoms with van der Waals surface area (Å²) in [7, 11) is 0. The van der Waals surface area contributed by atoms with Crippen molar-refractivity contribution >= 4 is 0 Å². The molecule has 2 N–H and O–H groups in total. The molecule has 6 heteroatoms. The molecular formula is C9H11F3N2O. The maximum atomic E-state index is 12.1. The van der Waals surface area contributed by atoms with Crippen LogP contribution in [-0.2, 0) is 6.42 Å². The minimum Gasteiger partial charge on any atom is -0.361 e. The van der Waals surface area contributed by atoms with E-state index in [0.717, 1.165) is 12.8 Å². The number of hydrogen-bond donors (Lipinski definition) is 1. The summed E-state index contributed by atoms with van der Waals surface area (Å²) in [6.45, 7) is 0. The van der Waals surface area contributed by atoms with Gasteiger partial charge in [-0.1, -0.05) is 5.16 Å². The molecule has 0 aromatic carbocycles. The molecule has 1 aromatic heterocycles. The molecule has 1 heterocycles. The van der Waals surface area contributed by atoms with Crippen molar-refractivity contribution in [1.29, 1.82) is 0 Å². The lowest BCUT2D eigenvalue weighted by atomic mass is 10.1. The van der Waals surface area contributed by atoms with Crippen LogP contribution in [0.5, 0.6) is 0 Å². The number of alkyl halides is 3. The molecule has 1 saturated carbocycles. The molecular weight excluding hydrogens is 209 g/mol. The van der Waals surface area contributed by atoms with E-state index < -0.39 is 12.2 Å². The quantitative estimate of drug-likeness (QED) is 0.847. The number of nitrogens with two attached hydrogens (primary N) is 1. The van der Waals surface area contributed by atoms with Crippen molar-refractivity contribution in [2.75, 3.05) is 0 Å². The number of aromatic nitrogens is 1. The molecule has 1 aromatic rings. The van der Waals surface area contributed by atoms with E-state index in [9.17, 15) is 13.2 Å². The van der Waals surface area contributed by atoms with Crippen molar-refractivity contribution < 1.29 is 17.7 Å². The van der Waals surface area contributed by atoms with E-state index in [4.69, 9.17) is 10.3 Å². The first-order valence-corrected chi connectivity index (χ1v) is 4.74. The molecule has 15 heavy (non-hydrogen) atoms. The zero-order valence-corrected chi connectivity index (χ0v) is 7.92. The number of halogens is 3. The van der Waals surface area contributed by atoms with E-state index >= 15 is 0 Å². The monoisotopic (exact) mass is 220 g/mol. The molecule has 0 aliphatic heterocycles. The molecule has 1 fully saturated rings. The number of rotatable bonds is 3. The molecule has 1 aliphatic rings. The van der Waals surface area contributed by atoms with Crippen LogP contribution >= 0.6 is 0 Å². The van der Waals surface area contributed by atoms with E-state index in [0.29, 0.717) is 11.7 Å². The summed E-state index contributed by atoms with van der Waals surface area (Å²) >= 11 is 0. The van der Waals surface area contributed by atoms with E-state index in [-0.39, 0.29) is 12.1 Å². The average molecular weight is 220 g/mol. The summed E-state index contributed by atoms with van der Waals surface area (Å²) in [5.41, 5.74) is 5.26. The Labute approximate surface area is 84.4 Å². The van der Waals surface area contributed by atoms with Gasteiger partial charge in [0.2, 0.25) is 0 Å². The van der Waals surface area contributed by atoms with E-state index in [1.807, 2.05) is 0 Å². The summed E-state index contributed by atoms with van der Waals surface area (Å²) in [6, 6.07) is -0.293. The van der Waals surface area contributed by atoms with Crippen molar-refractivity contribution in [3.63, 3.8) is 0 Å². The lowest BCUT2D eigenvalue weighted by molar-refractivity contribution is -0.147. The second kappa shape index (κ2) is 3.52. The topological polar surface area (TPSA) is 52.0 Å². The van der Waals surface area contributed by atoms with Crippen molar-refractivity contribution in [2.24, 2.45) is 5.73 Å². The van der Waals surface area contributed by atoms with Crippen LogP contribution in [0.4, 0.5) is 13.2 Å². The van der Waals surface area contributed by atoms with Crippen LogP contribution in [-0.4, -0.2) is 17.4 Å². The largest absolute Gasteiger partial charge is 0.404 e. The first-order valence-electron chi connectivity index (χ1n) is 4.74. The lowest BCUT2D eigenvalue weighted by Crippen LogP contribution is -2.39. The van der Waals surface area contributed by atoms with Crippen LogP contribution in [0, 0.1) is 0 Å². The van der Waals surface area contributed by atoms with Gasteiger partial charge in [-0.3, -0.25) is 0 Å². The summed E-state index contributed by atoms with van der Waals surface area (Å²) in [5.74, 6) is 1.03. The van der Waals surface area contributed by atoms with Gasteiger partial charge in [0.1, 0.15) is 11.8 Å². The maximum Gasteiger partial charge on any atom is 0.404 e. The van der Waals surface area contributed by atoms with Gasteiger partial charge in [-0.05, 0) is 12.8 Å². The van der Waals surface area contributed by atoms with Crippen molar-refractivity contribution in [2.45, 2.75) is 37.4 Å². The first kappa shape index (κ1) is 10.5. The molecule has 0 amide bonds. The fourth-order valence-corrected chi connectivity index (χ4v) is 1.33. The third-order valence-electron chi connectivity index (χ3n) is 2.41. The molecule has 0 radical (unpaired) electrons. The molecule has 1 aliphatic carbocycles. The van der Waals surface area contributed by atoms with Crippen LogP contribution < -0.4 is 5.73 Å². The Kier molecular flexibility index (Phi) is 2.46. The van der Waals surface area contributed by atoms with Crippen LogP contribution in [0.2, 0.25) is 0 Å². The molecule has 0 spiro atoms. The van der Waals surface area contributed by atoms with Gasteiger partial charge < -0.3 is 10.3 Å². The van der Waals surface area contributed by atoms with Crippen molar-refractivity contribution in [3.05, 3.63) is 17.5 Å². The molecule has 1 unspecified atom stereocenters. The first-order chi connectivity index (χ1) is 6.97. The zero-order chi connectivity index (χ0) is 11.1. The number of nitrogens with zero attached hydrogens (tertiary/aromatic N) is 1. The second-order valence-corrected chi connectivity index (χ2v) is 3.85. The highest BCUT2D eigenvalue weighted by atomic mass is 19.4. The normalized spacial score (nSPS) is 19.2. The van der Waals surface area contributed by atoms with Crippen molar-refractivity contribution in [3.8, 4) is 0 Å². The minimum atomic E-state index is -4.38. The van der Waals surface area contributed by atoms with Gasteiger partial charge in [0.05, 0.1) is 5.69 Å². The van der Waals surface area contributed by atoms with E-state index in [1.54, 1.807) is 6.07 Å². The van der Waals surface area contributed by atoms with Crippen LogP contribution in [0.3, 0.4) is 0 Å². The molecule has 3 nitrogen and oxygen atoms in total. The van der Waals surface area contributed by atoms with Gasteiger partial charge in [0.15, 0.2) is 0 Å². The van der Waals surface area contributed by atoms with Crippen LogP contribution in [0.15, 0.2) is 10.6 Å². The Morgan fingerprint density at radius 3 is 2.73 bits per heavy atom. The highest BCUT2D eigenvalue weighted by Crippen LogP contribution is 2.40. The van der Waals surface area contributed by atoms with Crippen LogP contribution in [0.1, 0.15) is 30.2 Å². The van der Waals surface area contributed by atoms with E-state index in [1.165, 1.54) is 0 Å². The van der Waals surface area contributed by atoms with Crippen molar-refractivity contribution in [1.82, 2.24) is 5.16 Å². The Hall–Kier alpha value is -1.04. The Balaban J connectivity index is 1.98. The highest BCUT2D eigenvalue weighted by Gasteiger charge is 2.37. The third-order valence-corrected chi connectivity index (χ3v) is 2.41.